The zero-order valence-electron chi connectivity index (χ0n) is 17.7. The van der Waals surface area contributed by atoms with E-state index in [2.05, 4.69) is 5.32 Å². The molecule has 5 rings (SSSR count). The van der Waals surface area contributed by atoms with Crippen LogP contribution in [0.5, 0.6) is 0 Å². The Labute approximate surface area is 182 Å². The number of hydrogen-bond donors (Lipinski definition) is 1. The number of fused-ring (bicyclic) bond motifs is 2. The Bertz CT molecular complexity index is 1010. The van der Waals surface area contributed by atoms with Crippen LogP contribution in [-0.4, -0.2) is 46.1 Å². The van der Waals surface area contributed by atoms with Crippen LogP contribution in [0.15, 0.2) is 60.7 Å². The number of piperidine rings is 1. The van der Waals surface area contributed by atoms with E-state index in [1.165, 1.54) is 4.90 Å². The van der Waals surface area contributed by atoms with Crippen LogP contribution < -0.4 is 5.32 Å². The predicted octanol–water partition coefficient (Wildman–Crippen LogP) is 2.51. The van der Waals surface area contributed by atoms with Gasteiger partial charge in [0.2, 0.25) is 17.7 Å². The number of carbonyl (C=O) groups is 3. The van der Waals surface area contributed by atoms with Gasteiger partial charge in [-0.15, -0.1) is 0 Å². The van der Waals surface area contributed by atoms with Gasteiger partial charge in [-0.1, -0.05) is 60.7 Å². The molecule has 0 saturated carbocycles. The number of benzene rings is 2. The van der Waals surface area contributed by atoms with Gasteiger partial charge in [0.25, 0.3) is 0 Å². The molecule has 3 saturated heterocycles. The summed E-state index contributed by atoms with van der Waals surface area (Å²) in [6.07, 6.45) is 1.36. The summed E-state index contributed by atoms with van der Waals surface area (Å²) in [4.78, 5) is 43.7. The van der Waals surface area contributed by atoms with Gasteiger partial charge in [0.05, 0.1) is 11.8 Å². The average Bonchev–Trinajstić information content (AvgIpc) is 3.27. The first kappa shape index (κ1) is 19.9. The molecule has 160 valence electrons. The smallest absolute Gasteiger partial charge is 0.244 e. The molecule has 31 heavy (non-hydrogen) atoms. The lowest BCUT2D eigenvalue weighted by atomic mass is 9.74. The molecule has 0 bridgehead atoms. The molecule has 4 atom stereocenters. The fourth-order valence-electron chi connectivity index (χ4n) is 5.74. The summed E-state index contributed by atoms with van der Waals surface area (Å²) in [5.74, 6) is -1.64. The minimum Gasteiger partial charge on any atom is -0.337 e. The lowest BCUT2D eigenvalue weighted by molar-refractivity contribution is -0.150. The minimum absolute atomic E-state index is 0.0601. The first-order chi connectivity index (χ1) is 15.1. The Morgan fingerprint density at radius 2 is 1.65 bits per heavy atom. The molecule has 6 nitrogen and oxygen atoms in total. The van der Waals surface area contributed by atoms with Crippen LogP contribution in [0.25, 0.3) is 0 Å². The fraction of sp³-hybridized carbons (Fsp3) is 0.400. The molecule has 2 aromatic carbocycles. The molecular formula is C25H27N3O3. The van der Waals surface area contributed by atoms with Crippen molar-refractivity contribution in [1.82, 2.24) is 15.1 Å². The van der Waals surface area contributed by atoms with Gasteiger partial charge < -0.3 is 4.90 Å². The maximum absolute atomic E-state index is 13.9. The summed E-state index contributed by atoms with van der Waals surface area (Å²) < 4.78 is 0. The van der Waals surface area contributed by atoms with Crippen molar-refractivity contribution in [1.29, 1.82) is 0 Å². The number of carbonyl (C=O) groups excluding carboxylic acids is 3. The van der Waals surface area contributed by atoms with Crippen molar-refractivity contribution in [3.8, 4) is 0 Å². The zero-order valence-corrected chi connectivity index (χ0v) is 17.7. The maximum atomic E-state index is 13.9. The number of hydrogen-bond acceptors (Lipinski definition) is 4. The van der Waals surface area contributed by atoms with E-state index in [0.29, 0.717) is 26.1 Å². The third-order valence-electron chi connectivity index (χ3n) is 7.10. The third-order valence-corrected chi connectivity index (χ3v) is 7.10. The molecule has 0 radical (unpaired) electrons. The first-order valence-electron chi connectivity index (χ1n) is 11.1. The van der Waals surface area contributed by atoms with Crippen molar-refractivity contribution < 1.29 is 14.4 Å². The molecule has 0 aromatic heterocycles. The van der Waals surface area contributed by atoms with Crippen LogP contribution in [0, 0.1) is 11.8 Å². The number of likely N-dealkylation sites (tertiary alicyclic amines) is 2. The summed E-state index contributed by atoms with van der Waals surface area (Å²) in [6, 6.07) is 19.3. The normalized spacial score (nSPS) is 30.4. The molecule has 3 heterocycles. The van der Waals surface area contributed by atoms with Gasteiger partial charge in [0, 0.05) is 25.7 Å². The second kappa shape index (κ2) is 7.61. The SMILES string of the molecule is CCN1C(=O)[C@H]2[C@@H](c3ccccc3)N[C@]3(CCCN(Cc4ccccc4)C3=O)[C@H]2C1=O. The second-order valence-electron chi connectivity index (χ2n) is 8.74. The molecule has 2 aromatic rings. The highest BCUT2D eigenvalue weighted by molar-refractivity contribution is 6.10. The van der Waals surface area contributed by atoms with Crippen molar-refractivity contribution in [2.45, 2.75) is 37.9 Å². The van der Waals surface area contributed by atoms with Crippen molar-refractivity contribution in [3.05, 3.63) is 71.8 Å². The van der Waals surface area contributed by atoms with Gasteiger partial charge in [-0.25, -0.2) is 0 Å². The predicted molar refractivity (Wildman–Crippen MR) is 116 cm³/mol. The molecule has 3 aliphatic heterocycles. The third kappa shape index (κ3) is 3.00. The van der Waals surface area contributed by atoms with Crippen molar-refractivity contribution in [3.63, 3.8) is 0 Å². The standard InChI is InChI=1S/C25H27N3O3/c1-2-28-22(29)19-20(23(28)30)25(26-21(19)18-12-7-4-8-13-18)14-9-15-27(24(25)31)16-17-10-5-3-6-11-17/h3-8,10-13,19-21,26H,2,9,14-16H2,1H3/t19-,20-,21-,25-/m1/s1. The number of imide groups is 1. The number of nitrogens with one attached hydrogen (secondary N) is 1. The lowest BCUT2D eigenvalue weighted by Gasteiger charge is -2.42. The van der Waals surface area contributed by atoms with Crippen LogP contribution >= 0.6 is 0 Å². The monoisotopic (exact) mass is 417 g/mol. The van der Waals surface area contributed by atoms with Crippen LogP contribution in [0.4, 0.5) is 0 Å². The summed E-state index contributed by atoms with van der Waals surface area (Å²) >= 11 is 0. The molecule has 0 unspecified atom stereocenters. The summed E-state index contributed by atoms with van der Waals surface area (Å²) in [5.41, 5.74) is 0.974. The van der Waals surface area contributed by atoms with Crippen molar-refractivity contribution >= 4 is 17.7 Å². The van der Waals surface area contributed by atoms with Crippen molar-refractivity contribution in [2.24, 2.45) is 11.8 Å². The Morgan fingerprint density at radius 3 is 2.32 bits per heavy atom. The van der Waals surface area contributed by atoms with Gasteiger partial charge in [-0.2, -0.15) is 0 Å². The highest BCUT2D eigenvalue weighted by Gasteiger charge is 2.68. The Hall–Kier alpha value is -2.99. The lowest BCUT2D eigenvalue weighted by Crippen LogP contribution is -2.63. The Morgan fingerprint density at radius 1 is 0.968 bits per heavy atom. The van der Waals surface area contributed by atoms with Crippen LogP contribution in [0.3, 0.4) is 0 Å². The van der Waals surface area contributed by atoms with E-state index in [0.717, 1.165) is 17.5 Å². The molecule has 3 amide bonds. The first-order valence-corrected chi connectivity index (χ1v) is 11.1. The molecule has 6 heteroatoms. The van der Waals surface area contributed by atoms with Crippen LogP contribution in [0.1, 0.15) is 36.9 Å². The number of amides is 3. The average molecular weight is 418 g/mol. The van der Waals surface area contributed by atoms with Crippen molar-refractivity contribution in [2.75, 3.05) is 13.1 Å². The molecule has 0 aliphatic carbocycles. The summed E-state index contributed by atoms with van der Waals surface area (Å²) in [6.45, 7) is 3.32. The van der Waals surface area contributed by atoms with E-state index in [4.69, 9.17) is 0 Å². The quantitative estimate of drug-likeness (QED) is 0.776. The zero-order chi connectivity index (χ0) is 21.6. The number of nitrogens with zero attached hydrogens (tertiary/aromatic N) is 2. The summed E-state index contributed by atoms with van der Waals surface area (Å²) in [5, 5.41) is 3.54. The fourth-order valence-corrected chi connectivity index (χ4v) is 5.74. The second-order valence-corrected chi connectivity index (χ2v) is 8.74. The summed E-state index contributed by atoms with van der Waals surface area (Å²) in [7, 11) is 0. The molecular weight excluding hydrogens is 390 g/mol. The van der Waals surface area contributed by atoms with E-state index in [9.17, 15) is 14.4 Å². The Kier molecular flexibility index (Phi) is 4.89. The van der Waals surface area contributed by atoms with E-state index in [1.807, 2.05) is 72.5 Å². The minimum atomic E-state index is -1.03. The van der Waals surface area contributed by atoms with Gasteiger partial charge in [-0.3, -0.25) is 24.6 Å². The van der Waals surface area contributed by atoms with E-state index in [1.54, 1.807) is 0 Å². The van der Waals surface area contributed by atoms with Crippen LogP contribution in [0.2, 0.25) is 0 Å². The number of rotatable bonds is 4. The van der Waals surface area contributed by atoms with E-state index in [-0.39, 0.29) is 23.8 Å². The van der Waals surface area contributed by atoms with Crippen LogP contribution in [-0.2, 0) is 20.9 Å². The van der Waals surface area contributed by atoms with Gasteiger partial charge in [0.1, 0.15) is 5.54 Å². The molecule has 1 spiro atoms. The van der Waals surface area contributed by atoms with E-state index >= 15 is 0 Å². The highest BCUT2D eigenvalue weighted by atomic mass is 16.2. The van der Waals surface area contributed by atoms with Gasteiger partial charge >= 0.3 is 0 Å². The molecule has 1 N–H and O–H groups in total. The maximum Gasteiger partial charge on any atom is 0.244 e. The Balaban J connectivity index is 1.54. The van der Waals surface area contributed by atoms with E-state index < -0.39 is 17.4 Å². The van der Waals surface area contributed by atoms with Gasteiger partial charge in [0.15, 0.2) is 0 Å². The highest BCUT2D eigenvalue weighted by Crippen LogP contribution is 2.51. The molecule has 3 aliphatic rings. The topological polar surface area (TPSA) is 69.7 Å². The molecule has 3 fully saturated rings. The van der Waals surface area contributed by atoms with Gasteiger partial charge in [-0.05, 0) is 30.9 Å². The largest absolute Gasteiger partial charge is 0.337 e.